The van der Waals surface area contributed by atoms with Gasteiger partial charge in [0.1, 0.15) is 22.7 Å². The molecule has 1 atom stereocenters. The number of amides is 1. The van der Waals surface area contributed by atoms with Gasteiger partial charge in [0.05, 0.1) is 24.7 Å². The molecule has 0 bridgehead atoms. The maximum absolute atomic E-state index is 12.9. The van der Waals surface area contributed by atoms with Crippen LogP contribution < -0.4 is 10.1 Å². The molecule has 32 heavy (non-hydrogen) atoms. The standard InChI is InChI=1S/C24H23N5O2S/c1-31-19-9-16-12-25-11-15(16)8-18(19)28-22-21-17-5-4-14(24(30)29-6-2-3-7-29)10-20(17)32-23(21)27-13-26-22/h2-3,8-9,11,13-14H,4-7,10,12H2,1H3,(H,26,27,28)/t14-/m0/s1. The maximum atomic E-state index is 12.9. The van der Waals surface area contributed by atoms with Crippen molar-refractivity contribution in [3.05, 3.63) is 52.2 Å². The van der Waals surface area contributed by atoms with Crippen LogP contribution in [-0.2, 0) is 24.2 Å². The SMILES string of the molecule is COc1cc2c(cc1Nc1ncnc3sc4c(c13)CC[C@H](C(=O)N1CC=CC1)C4)C=NC2. The number of hydrogen-bond donors (Lipinski definition) is 1. The number of nitrogens with zero attached hydrogens (tertiary/aromatic N) is 4. The molecule has 0 unspecified atom stereocenters. The van der Waals surface area contributed by atoms with Gasteiger partial charge in [0.15, 0.2) is 0 Å². The highest BCUT2D eigenvalue weighted by Crippen LogP contribution is 2.42. The van der Waals surface area contributed by atoms with Gasteiger partial charge in [-0.1, -0.05) is 12.2 Å². The van der Waals surface area contributed by atoms with E-state index in [1.807, 2.05) is 17.2 Å². The molecule has 8 heteroatoms. The van der Waals surface area contributed by atoms with Crippen LogP contribution in [0.5, 0.6) is 5.75 Å². The molecule has 1 aliphatic carbocycles. The van der Waals surface area contributed by atoms with Gasteiger partial charge in [0, 0.05) is 30.1 Å². The molecule has 7 nitrogen and oxygen atoms in total. The first-order valence-electron chi connectivity index (χ1n) is 10.9. The second-order valence-corrected chi connectivity index (χ2v) is 9.49. The van der Waals surface area contributed by atoms with Crippen molar-refractivity contribution in [1.29, 1.82) is 0 Å². The normalized spacial score (nSPS) is 18.8. The van der Waals surface area contributed by atoms with Crippen LogP contribution in [0, 0.1) is 5.92 Å². The number of rotatable bonds is 4. The fourth-order valence-corrected chi connectivity index (χ4v) is 6.13. The van der Waals surface area contributed by atoms with Crippen molar-refractivity contribution in [2.24, 2.45) is 10.9 Å². The quantitative estimate of drug-likeness (QED) is 0.617. The first kappa shape index (κ1) is 19.4. The Morgan fingerprint density at radius 3 is 2.97 bits per heavy atom. The number of hydrogen-bond acceptors (Lipinski definition) is 7. The molecule has 3 aliphatic rings. The van der Waals surface area contributed by atoms with E-state index < -0.39 is 0 Å². The van der Waals surface area contributed by atoms with Crippen molar-refractivity contribution in [2.75, 3.05) is 25.5 Å². The van der Waals surface area contributed by atoms with E-state index in [-0.39, 0.29) is 11.8 Å². The fraction of sp³-hybridized carbons (Fsp3) is 0.333. The minimum Gasteiger partial charge on any atom is -0.495 e. The number of aromatic nitrogens is 2. The summed E-state index contributed by atoms with van der Waals surface area (Å²) in [5, 5.41) is 4.56. The highest BCUT2D eigenvalue weighted by Gasteiger charge is 2.31. The van der Waals surface area contributed by atoms with Crippen molar-refractivity contribution >= 4 is 45.2 Å². The third kappa shape index (κ3) is 3.17. The van der Waals surface area contributed by atoms with Gasteiger partial charge >= 0.3 is 0 Å². The summed E-state index contributed by atoms with van der Waals surface area (Å²) >= 11 is 1.69. The molecule has 0 saturated heterocycles. The predicted molar refractivity (Wildman–Crippen MR) is 126 cm³/mol. The van der Waals surface area contributed by atoms with Gasteiger partial charge in [-0.05, 0) is 48.1 Å². The van der Waals surface area contributed by atoms with Gasteiger partial charge in [0.2, 0.25) is 5.91 Å². The number of aliphatic imine (C=N–C) groups is 1. The van der Waals surface area contributed by atoms with Gasteiger partial charge < -0.3 is 15.0 Å². The Balaban J connectivity index is 1.33. The first-order chi connectivity index (χ1) is 15.7. The van der Waals surface area contributed by atoms with E-state index in [1.165, 1.54) is 10.4 Å². The Kier molecular flexibility index (Phi) is 4.68. The Hall–Kier alpha value is -3.26. The number of methoxy groups -OCH3 is 1. The second-order valence-electron chi connectivity index (χ2n) is 8.41. The molecular weight excluding hydrogens is 422 g/mol. The lowest BCUT2D eigenvalue weighted by molar-refractivity contribution is -0.134. The van der Waals surface area contributed by atoms with Crippen LogP contribution in [0.1, 0.15) is 28.0 Å². The number of nitrogens with one attached hydrogen (secondary N) is 1. The van der Waals surface area contributed by atoms with Crippen LogP contribution in [0.2, 0.25) is 0 Å². The van der Waals surface area contributed by atoms with Crippen molar-refractivity contribution in [1.82, 2.24) is 14.9 Å². The number of fused-ring (bicyclic) bond motifs is 4. The highest BCUT2D eigenvalue weighted by molar-refractivity contribution is 7.19. The Morgan fingerprint density at radius 1 is 1.25 bits per heavy atom. The molecule has 1 N–H and O–H groups in total. The van der Waals surface area contributed by atoms with Crippen molar-refractivity contribution in [2.45, 2.75) is 25.8 Å². The monoisotopic (exact) mass is 445 g/mol. The van der Waals surface area contributed by atoms with E-state index in [2.05, 4.69) is 38.5 Å². The average Bonchev–Trinajstić information content (AvgIpc) is 3.56. The molecule has 0 saturated carbocycles. The molecule has 1 amide bonds. The number of carbonyl (C=O) groups excluding carboxylic acids is 1. The number of anilines is 2. The third-order valence-corrected chi connectivity index (χ3v) is 7.69. The van der Waals surface area contributed by atoms with Crippen molar-refractivity contribution in [3.8, 4) is 5.75 Å². The molecule has 3 aromatic rings. The zero-order valence-electron chi connectivity index (χ0n) is 17.8. The summed E-state index contributed by atoms with van der Waals surface area (Å²) < 4.78 is 5.63. The summed E-state index contributed by atoms with van der Waals surface area (Å²) in [5.74, 6) is 1.88. The molecule has 162 valence electrons. The molecule has 2 aliphatic heterocycles. The Labute approximate surface area is 189 Å². The number of thiophene rings is 1. The summed E-state index contributed by atoms with van der Waals surface area (Å²) in [5.41, 5.74) is 4.41. The number of aryl methyl sites for hydroxylation is 1. The van der Waals surface area contributed by atoms with Crippen LogP contribution in [0.3, 0.4) is 0 Å². The zero-order chi connectivity index (χ0) is 21.7. The van der Waals surface area contributed by atoms with E-state index in [0.717, 1.165) is 71.0 Å². The van der Waals surface area contributed by atoms with E-state index >= 15 is 0 Å². The van der Waals surface area contributed by atoms with E-state index in [9.17, 15) is 4.79 Å². The summed E-state index contributed by atoms with van der Waals surface area (Å²) in [7, 11) is 1.68. The maximum Gasteiger partial charge on any atom is 0.226 e. The summed E-state index contributed by atoms with van der Waals surface area (Å²) in [6.45, 7) is 2.16. The lowest BCUT2D eigenvalue weighted by atomic mass is 9.87. The molecule has 0 spiro atoms. The molecular formula is C24H23N5O2S. The number of ether oxygens (including phenoxy) is 1. The van der Waals surface area contributed by atoms with Crippen molar-refractivity contribution in [3.63, 3.8) is 0 Å². The van der Waals surface area contributed by atoms with E-state index in [1.54, 1.807) is 24.8 Å². The lowest BCUT2D eigenvalue weighted by Crippen LogP contribution is -2.36. The molecule has 1 aromatic carbocycles. The smallest absolute Gasteiger partial charge is 0.226 e. The van der Waals surface area contributed by atoms with Gasteiger partial charge in [-0.2, -0.15) is 0 Å². The minimum atomic E-state index is 0.0518. The van der Waals surface area contributed by atoms with E-state index in [0.29, 0.717) is 6.54 Å². The zero-order valence-corrected chi connectivity index (χ0v) is 18.6. The predicted octanol–water partition coefficient (Wildman–Crippen LogP) is 3.88. The minimum absolute atomic E-state index is 0.0518. The Morgan fingerprint density at radius 2 is 2.12 bits per heavy atom. The third-order valence-electron chi connectivity index (χ3n) is 6.53. The topological polar surface area (TPSA) is 79.7 Å². The average molecular weight is 446 g/mol. The molecule has 0 fully saturated rings. The fourth-order valence-electron chi connectivity index (χ4n) is 4.86. The van der Waals surface area contributed by atoms with Crippen LogP contribution in [0.4, 0.5) is 11.5 Å². The summed E-state index contributed by atoms with van der Waals surface area (Å²) in [6.07, 6.45) is 10.1. The first-order valence-corrected chi connectivity index (χ1v) is 11.7. The number of carbonyl (C=O) groups is 1. The van der Waals surface area contributed by atoms with Gasteiger partial charge in [-0.3, -0.25) is 9.79 Å². The Bertz CT molecular complexity index is 1290. The molecule has 0 radical (unpaired) electrons. The van der Waals surface area contributed by atoms with Crippen molar-refractivity contribution < 1.29 is 9.53 Å². The lowest BCUT2D eigenvalue weighted by Gasteiger charge is -2.26. The highest BCUT2D eigenvalue weighted by atomic mass is 32.1. The van der Waals surface area contributed by atoms with Gasteiger partial charge in [-0.15, -0.1) is 11.3 Å². The van der Waals surface area contributed by atoms with Crippen LogP contribution in [-0.4, -0.2) is 47.2 Å². The number of benzene rings is 1. The van der Waals surface area contributed by atoms with Gasteiger partial charge in [0.25, 0.3) is 0 Å². The summed E-state index contributed by atoms with van der Waals surface area (Å²) in [4.78, 5) is 30.6. The molecule has 6 rings (SSSR count). The van der Waals surface area contributed by atoms with Gasteiger partial charge in [-0.25, -0.2) is 9.97 Å². The van der Waals surface area contributed by atoms with Crippen LogP contribution in [0.25, 0.3) is 10.2 Å². The van der Waals surface area contributed by atoms with E-state index in [4.69, 9.17) is 4.74 Å². The largest absolute Gasteiger partial charge is 0.495 e. The van der Waals surface area contributed by atoms with Crippen LogP contribution in [0.15, 0.2) is 35.6 Å². The molecule has 4 heterocycles. The molecule has 2 aromatic heterocycles. The second kappa shape index (κ2) is 7.70. The summed E-state index contributed by atoms with van der Waals surface area (Å²) in [6, 6.07) is 4.10. The van der Waals surface area contributed by atoms with Crippen LogP contribution >= 0.6 is 11.3 Å².